The molecule has 0 aliphatic rings. The van der Waals surface area contributed by atoms with Gasteiger partial charge in [0.15, 0.2) is 0 Å². The summed E-state index contributed by atoms with van der Waals surface area (Å²) in [5.41, 5.74) is 2.99. The number of nitrogens with zero attached hydrogens (tertiary/aromatic N) is 4. The normalized spacial score (nSPS) is 10.6. The van der Waals surface area contributed by atoms with E-state index in [1.165, 1.54) is 18.7 Å². The second-order valence-electron chi connectivity index (χ2n) is 4.15. The zero-order valence-electron chi connectivity index (χ0n) is 10.2. The van der Waals surface area contributed by atoms with E-state index in [1.807, 2.05) is 19.1 Å². The number of amides is 1. The fraction of sp³-hybridized carbons (Fsp3) is 0.0769. The molecule has 0 atom stereocenters. The van der Waals surface area contributed by atoms with Crippen LogP contribution < -0.4 is 5.32 Å². The average Bonchev–Trinajstić information content (AvgIpc) is 2.79. The van der Waals surface area contributed by atoms with Crippen molar-refractivity contribution in [3.05, 3.63) is 54.4 Å². The number of pyridine rings is 1. The Bertz CT molecular complexity index is 735. The van der Waals surface area contributed by atoms with Gasteiger partial charge in [-0.1, -0.05) is 0 Å². The predicted molar refractivity (Wildman–Crippen MR) is 69.9 cm³/mol. The first-order valence-corrected chi connectivity index (χ1v) is 5.75. The Kier molecular flexibility index (Phi) is 2.68. The summed E-state index contributed by atoms with van der Waals surface area (Å²) < 4.78 is 1.76. The zero-order valence-corrected chi connectivity index (χ0v) is 10.2. The van der Waals surface area contributed by atoms with Gasteiger partial charge in [-0.15, -0.1) is 0 Å². The molecule has 1 amide bonds. The van der Waals surface area contributed by atoms with E-state index in [-0.39, 0.29) is 5.91 Å². The third-order valence-electron chi connectivity index (χ3n) is 2.67. The molecule has 0 saturated heterocycles. The molecule has 1 N–H and O–H groups in total. The Balaban J connectivity index is 1.87. The first-order valence-electron chi connectivity index (χ1n) is 5.75. The number of aromatic nitrogens is 4. The fourth-order valence-corrected chi connectivity index (χ4v) is 1.82. The lowest BCUT2D eigenvalue weighted by molar-refractivity contribution is 0.102. The average molecular weight is 253 g/mol. The number of rotatable bonds is 2. The third kappa shape index (κ3) is 2.28. The van der Waals surface area contributed by atoms with Crippen LogP contribution >= 0.6 is 0 Å². The molecule has 94 valence electrons. The number of nitrogens with one attached hydrogen (secondary N) is 1. The molecule has 3 aromatic heterocycles. The molecule has 0 aliphatic heterocycles. The molecular weight excluding hydrogens is 242 g/mol. The summed E-state index contributed by atoms with van der Waals surface area (Å²) in [7, 11) is 0. The molecule has 0 spiro atoms. The standard InChI is InChI=1S/C13H11N5O/c1-9-4-12-5-11(2-3-18(12)17-9)16-13(19)10-6-14-8-15-7-10/h2-8H,1H3,(H,16,19). The molecule has 6 heteroatoms. The predicted octanol–water partition coefficient (Wildman–Crippen LogP) is 1.69. The summed E-state index contributed by atoms with van der Waals surface area (Å²) in [6.07, 6.45) is 6.14. The van der Waals surface area contributed by atoms with Crippen molar-refractivity contribution < 1.29 is 4.79 Å². The first-order chi connectivity index (χ1) is 9.22. The molecule has 0 aliphatic carbocycles. The van der Waals surface area contributed by atoms with Crippen molar-refractivity contribution in [3.8, 4) is 0 Å². The Morgan fingerprint density at radius 2 is 2.05 bits per heavy atom. The van der Waals surface area contributed by atoms with Gasteiger partial charge in [-0.05, 0) is 25.1 Å². The lowest BCUT2D eigenvalue weighted by atomic mass is 10.3. The van der Waals surface area contributed by atoms with Crippen LogP contribution in [0.3, 0.4) is 0 Å². The van der Waals surface area contributed by atoms with Crippen LogP contribution in [0.5, 0.6) is 0 Å². The maximum Gasteiger partial charge on any atom is 0.258 e. The minimum atomic E-state index is -0.235. The molecule has 6 nitrogen and oxygen atoms in total. The summed E-state index contributed by atoms with van der Waals surface area (Å²) in [5.74, 6) is -0.235. The second kappa shape index (κ2) is 4.49. The summed E-state index contributed by atoms with van der Waals surface area (Å²) >= 11 is 0. The van der Waals surface area contributed by atoms with Crippen LogP contribution in [0.2, 0.25) is 0 Å². The van der Waals surface area contributed by atoms with Gasteiger partial charge in [-0.2, -0.15) is 5.10 Å². The quantitative estimate of drug-likeness (QED) is 0.754. The Hall–Kier alpha value is -2.76. The molecule has 0 saturated carbocycles. The van der Waals surface area contributed by atoms with Crippen LogP contribution in [0, 0.1) is 6.92 Å². The van der Waals surface area contributed by atoms with Crippen LogP contribution in [0.4, 0.5) is 5.69 Å². The van der Waals surface area contributed by atoms with Crippen molar-refractivity contribution >= 4 is 17.1 Å². The van der Waals surface area contributed by atoms with E-state index in [2.05, 4.69) is 20.4 Å². The van der Waals surface area contributed by atoms with Gasteiger partial charge < -0.3 is 5.32 Å². The number of fused-ring (bicyclic) bond motifs is 1. The van der Waals surface area contributed by atoms with Gasteiger partial charge in [-0.3, -0.25) is 4.79 Å². The van der Waals surface area contributed by atoms with Crippen molar-refractivity contribution in [2.24, 2.45) is 0 Å². The minimum absolute atomic E-state index is 0.235. The van der Waals surface area contributed by atoms with Crippen LogP contribution in [0.1, 0.15) is 16.1 Å². The molecular formula is C13H11N5O. The molecule has 19 heavy (non-hydrogen) atoms. The maximum absolute atomic E-state index is 11.9. The Morgan fingerprint density at radius 3 is 2.84 bits per heavy atom. The van der Waals surface area contributed by atoms with E-state index in [4.69, 9.17) is 0 Å². The van der Waals surface area contributed by atoms with Crippen molar-refractivity contribution in [2.45, 2.75) is 6.92 Å². The first kappa shape index (κ1) is 11.3. The van der Waals surface area contributed by atoms with E-state index >= 15 is 0 Å². The summed E-state index contributed by atoms with van der Waals surface area (Å²) in [5, 5.41) is 7.08. The highest BCUT2D eigenvalue weighted by Gasteiger charge is 2.07. The monoisotopic (exact) mass is 253 g/mol. The summed E-state index contributed by atoms with van der Waals surface area (Å²) in [4.78, 5) is 19.6. The van der Waals surface area contributed by atoms with Gasteiger partial charge >= 0.3 is 0 Å². The number of hydrogen-bond acceptors (Lipinski definition) is 4. The highest BCUT2D eigenvalue weighted by molar-refractivity contribution is 6.04. The molecule has 0 unspecified atom stereocenters. The Morgan fingerprint density at radius 1 is 1.26 bits per heavy atom. The van der Waals surface area contributed by atoms with E-state index in [1.54, 1.807) is 16.8 Å². The van der Waals surface area contributed by atoms with Gasteiger partial charge in [0.1, 0.15) is 6.33 Å². The highest BCUT2D eigenvalue weighted by Crippen LogP contribution is 2.14. The molecule has 3 aromatic rings. The number of carbonyl (C=O) groups is 1. The van der Waals surface area contributed by atoms with E-state index in [0.717, 1.165) is 11.2 Å². The van der Waals surface area contributed by atoms with Crippen molar-refractivity contribution in [1.29, 1.82) is 0 Å². The van der Waals surface area contributed by atoms with E-state index < -0.39 is 0 Å². The second-order valence-corrected chi connectivity index (χ2v) is 4.15. The van der Waals surface area contributed by atoms with Gasteiger partial charge in [0.25, 0.3) is 5.91 Å². The largest absolute Gasteiger partial charge is 0.322 e. The topological polar surface area (TPSA) is 72.2 Å². The van der Waals surface area contributed by atoms with Crippen LogP contribution in [-0.4, -0.2) is 25.5 Å². The third-order valence-corrected chi connectivity index (χ3v) is 2.67. The summed E-state index contributed by atoms with van der Waals surface area (Å²) in [6, 6.07) is 5.60. The van der Waals surface area contributed by atoms with Gasteiger partial charge in [0.05, 0.1) is 16.8 Å². The molecule has 0 bridgehead atoms. The lowest BCUT2D eigenvalue weighted by Gasteiger charge is -2.04. The van der Waals surface area contributed by atoms with Crippen molar-refractivity contribution in [2.75, 3.05) is 5.32 Å². The number of hydrogen-bond donors (Lipinski definition) is 1. The number of aryl methyl sites for hydroxylation is 1. The van der Waals surface area contributed by atoms with Gasteiger partial charge in [-0.25, -0.2) is 14.5 Å². The summed E-state index contributed by atoms with van der Waals surface area (Å²) in [6.45, 7) is 1.92. The number of carbonyl (C=O) groups excluding carboxylic acids is 1. The highest BCUT2D eigenvalue weighted by atomic mass is 16.1. The number of anilines is 1. The maximum atomic E-state index is 11.9. The van der Waals surface area contributed by atoms with Crippen LogP contribution in [-0.2, 0) is 0 Å². The van der Waals surface area contributed by atoms with E-state index in [9.17, 15) is 4.79 Å². The molecule has 3 rings (SSSR count). The van der Waals surface area contributed by atoms with Crippen molar-refractivity contribution in [1.82, 2.24) is 19.6 Å². The van der Waals surface area contributed by atoms with Gasteiger partial charge in [0, 0.05) is 24.3 Å². The Labute approximate surface area is 109 Å². The lowest BCUT2D eigenvalue weighted by Crippen LogP contribution is -2.12. The minimum Gasteiger partial charge on any atom is -0.322 e. The van der Waals surface area contributed by atoms with Crippen LogP contribution in [0.25, 0.3) is 5.52 Å². The van der Waals surface area contributed by atoms with Crippen LogP contribution in [0.15, 0.2) is 43.1 Å². The molecule has 0 fully saturated rings. The molecule has 3 heterocycles. The zero-order chi connectivity index (χ0) is 13.2. The van der Waals surface area contributed by atoms with E-state index in [0.29, 0.717) is 11.3 Å². The fourth-order valence-electron chi connectivity index (χ4n) is 1.82. The van der Waals surface area contributed by atoms with Gasteiger partial charge in [0.2, 0.25) is 0 Å². The SMILES string of the molecule is Cc1cc2cc(NC(=O)c3cncnc3)ccn2n1. The molecule has 0 aromatic carbocycles. The molecule has 0 radical (unpaired) electrons. The van der Waals surface area contributed by atoms with Crippen molar-refractivity contribution in [3.63, 3.8) is 0 Å². The smallest absolute Gasteiger partial charge is 0.258 e.